The molecule has 0 radical (unpaired) electrons. The molecular weight excluding hydrogens is 437 g/mol. The van der Waals surface area contributed by atoms with Crippen LogP contribution < -0.4 is 9.47 Å². The maximum Gasteiger partial charge on any atom is 0.416 e. The number of hydrogen-bond donors (Lipinski definition) is 2. The van der Waals surface area contributed by atoms with Crippen LogP contribution in [-0.4, -0.2) is 38.5 Å². The number of halogens is 3. The van der Waals surface area contributed by atoms with E-state index in [0.29, 0.717) is 23.8 Å². The normalized spacial score (nSPS) is 13.3. The molecule has 0 fully saturated rings. The molecule has 1 unspecified atom stereocenters. The van der Waals surface area contributed by atoms with Gasteiger partial charge in [-0.25, -0.2) is 4.68 Å². The van der Waals surface area contributed by atoms with Crippen molar-refractivity contribution in [1.29, 1.82) is 0 Å². The fourth-order valence-corrected chi connectivity index (χ4v) is 3.19. The topological polar surface area (TPSA) is 76.7 Å². The second-order valence-electron chi connectivity index (χ2n) is 8.43. The number of rotatable bonds is 8. The van der Waals surface area contributed by atoms with E-state index in [2.05, 4.69) is 5.10 Å². The molecule has 1 aromatic heterocycles. The van der Waals surface area contributed by atoms with Gasteiger partial charge in [-0.2, -0.15) is 18.3 Å². The van der Waals surface area contributed by atoms with Crippen molar-refractivity contribution in [2.45, 2.75) is 51.7 Å². The Kier molecular flexibility index (Phi) is 7.04. The molecule has 3 rings (SSSR count). The number of ether oxygens (including phenoxy) is 2. The zero-order valence-corrected chi connectivity index (χ0v) is 18.8. The highest BCUT2D eigenvalue weighted by molar-refractivity contribution is 5.37. The van der Waals surface area contributed by atoms with Gasteiger partial charge >= 0.3 is 6.18 Å². The number of hydrogen-bond acceptors (Lipinski definition) is 5. The molecule has 3 aromatic rings. The number of aryl methyl sites for hydroxylation is 1. The molecule has 2 aromatic carbocycles. The fourth-order valence-electron chi connectivity index (χ4n) is 3.19. The first-order chi connectivity index (χ1) is 15.4. The van der Waals surface area contributed by atoms with Crippen molar-refractivity contribution in [2.75, 3.05) is 6.61 Å². The largest absolute Gasteiger partial charge is 0.493 e. The molecule has 6 nitrogen and oxygen atoms in total. The molecule has 0 saturated carbocycles. The minimum absolute atomic E-state index is 0.0477. The van der Waals surface area contributed by atoms with Crippen molar-refractivity contribution < 1.29 is 32.9 Å². The Bertz CT molecular complexity index is 1080. The molecular formula is C24H27F3N2O4. The third kappa shape index (κ3) is 6.06. The van der Waals surface area contributed by atoms with Crippen molar-refractivity contribution in [1.82, 2.24) is 9.78 Å². The van der Waals surface area contributed by atoms with E-state index in [1.54, 1.807) is 49.0 Å². The lowest BCUT2D eigenvalue weighted by Gasteiger charge is -2.28. The van der Waals surface area contributed by atoms with Crippen LogP contribution in [0.4, 0.5) is 13.2 Å². The average molecular weight is 464 g/mol. The Hall–Kier alpha value is -3.04. The van der Waals surface area contributed by atoms with Crippen LogP contribution in [0.5, 0.6) is 11.5 Å². The molecule has 1 atom stereocenters. The van der Waals surface area contributed by atoms with Gasteiger partial charge in [0.2, 0.25) is 0 Å². The first-order valence-electron chi connectivity index (χ1n) is 10.4. The number of aliphatic hydroxyl groups is 2. The van der Waals surface area contributed by atoms with Gasteiger partial charge < -0.3 is 19.7 Å². The number of nitrogens with zero attached hydrogens (tertiary/aromatic N) is 2. The lowest BCUT2D eigenvalue weighted by molar-refractivity contribution is -0.154. The van der Waals surface area contributed by atoms with Gasteiger partial charge in [0.1, 0.15) is 11.5 Å². The van der Waals surface area contributed by atoms with Crippen LogP contribution in [-0.2, 0) is 6.18 Å². The third-order valence-electron chi connectivity index (χ3n) is 5.24. The molecule has 0 bridgehead atoms. The van der Waals surface area contributed by atoms with Gasteiger partial charge in [0, 0.05) is 18.2 Å². The lowest BCUT2D eigenvalue weighted by Crippen LogP contribution is -2.41. The number of aromatic nitrogens is 2. The van der Waals surface area contributed by atoms with Gasteiger partial charge in [-0.3, -0.25) is 0 Å². The molecule has 0 aliphatic rings. The average Bonchev–Trinajstić information content (AvgIpc) is 3.13. The SMILES string of the molecule is Cc1nn(-c2ccc(C(F)(F)F)cc2)cc1C(C)COc1cccc(OC(C)(C)C(O)O)c1. The first kappa shape index (κ1) is 24.6. The quantitative estimate of drug-likeness (QED) is 0.466. The Labute approximate surface area is 190 Å². The van der Waals surface area contributed by atoms with Gasteiger partial charge in [0.05, 0.1) is 23.6 Å². The van der Waals surface area contributed by atoms with Gasteiger partial charge in [-0.05, 0) is 62.7 Å². The highest BCUT2D eigenvalue weighted by Gasteiger charge is 2.30. The molecule has 0 saturated heterocycles. The molecule has 1 heterocycles. The summed E-state index contributed by atoms with van der Waals surface area (Å²) in [6.45, 7) is 7.25. The van der Waals surface area contributed by atoms with Crippen molar-refractivity contribution in [3.63, 3.8) is 0 Å². The Morgan fingerprint density at radius 2 is 1.67 bits per heavy atom. The zero-order valence-electron chi connectivity index (χ0n) is 18.8. The Morgan fingerprint density at radius 3 is 2.27 bits per heavy atom. The zero-order chi connectivity index (χ0) is 24.4. The highest BCUT2D eigenvalue weighted by Crippen LogP contribution is 2.30. The Morgan fingerprint density at radius 1 is 1.03 bits per heavy atom. The standard InChI is InChI=1S/C24H27F3N2O4/c1-15(14-32-19-6-5-7-20(12-19)33-23(3,4)22(30)31)21-13-29(28-16(21)2)18-10-8-17(9-11-18)24(25,26)27/h5-13,15,22,30-31H,14H2,1-4H3. The summed E-state index contributed by atoms with van der Waals surface area (Å²) in [7, 11) is 0. The van der Waals surface area contributed by atoms with E-state index in [1.165, 1.54) is 12.1 Å². The maximum atomic E-state index is 12.8. The van der Waals surface area contributed by atoms with Gasteiger partial charge in [-0.1, -0.05) is 13.0 Å². The molecule has 0 aliphatic heterocycles. The Balaban J connectivity index is 1.68. The maximum absolute atomic E-state index is 12.8. The van der Waals surface area contributed by atoms with E-state index in [0.717, 1.165) is 23.4 Å². The summed E-state index contributed by atoms with van der Waals surface area (Å²) < 4.78 is 51.5. The first-order valence-corrected chi connectivity index (χ1v) is 10.4. The van der Waals surface area contributed by atoms with Crippen molar-refractivity contribution in [3.8, 4) is 17.2 Å². The van der Waals surface area contributed by atoms with Gasteiger partial charge in [0.25, 0.3) is 0 Å². The van der Waals surface area contributed by atoms with E-state index in [-0.39, 0.29) is 5.92 Å². The summed E-state index contributed by atoms with van der Waals surface area (Å²) in [5.74, 6) is 0.938. The number of aliphatic hydroxyl groups excluding tert-OH is 1. The summed E-state index contributed by atoms with van der Waals surface area (Å²) in [6.07, 6.45) is -4.24. The fraction of sp³-hybridized carbons (Fsp3) is 0.375. The highest BCUT2D eigenvalue weighted by atomic mass is 19.4. The van der Waals surface area contributed by atoms with Crippen LogP contribution >= 0.6 is 0 Å². The van der Waals surface area contributed by atoms with Crippen molar-refractivity contribution in [3.05, 3.63) is 71.5 Å². The van der Waals surface area contributed by atoms with E-state index in [4.69, 9.17) is 9.47 Å². The van der Waals surface area contributed by atoms with Crippen LogP contribution in [0, 0.1) is 6.92 Å². The number of benzene rings is 2. The minimum atomic E-state index is -4.38. The number of alkyl halides is 3. The second-order valence-corrected chi connectivity index (χ2v) is 8.43. The molecule has 9 heteroatoms. The van der Waals surface area contributed by atoms with Crippen LogP contribution in [0.1, 0.15) is 43.5 Å². The van der Waals surface area contributed by atoms with Gasteiger partial charge in [0.15, 0.2) is 11.9 Å². The predicted molar refractivity (Wildman–Crippen MR) is 117 cm³/mol. The summed E-state index contributed by atoms with van der Waals surface area (Å²) in [4.78, 5) is 0. The van der Waals surface area contributed by atoms with Gasteiger partial charge in [-0.15, -0.1) is 0 Å². The van der Waals surface area contributed by atoms with E-state index in [1.807, 2.05) is 13.8 Å². The minimum Gasteiger partial charge on any atom is -0.493 e. The summed E-state index contributed by atoms with van der Waals surface area (Å²) in [5, 5.41) is 23.3. The van der Waals surface area contributed by atoms with E-state index < -0.39 is 23.6 Å². The van der Waals surface area contributed by atoms with E-state index in [9.17, 15) is 23.4 Å². The summed E-state index contributed by atoms with van der Waals surface area (Å²) in [5.41, 5.74) is 0.299. The van der Waals surface area contributed by atoms with Crippen LogP contribution in [0.25, 0.3) is 5.69 Å². The van der Waals surface area contributed by atoms with Crippen molar-refractivity contribution >= 4 is 0 Å². The second kappa shape index (κ2) is 9.44. The molecule has 33 heavy (non-hydrogen) atoms. The van der Waals surface area contributed by atoms with Crippen LogP contribution in [0.2, 0.25) is 0 Å². The predicted octanol–water partition coefficient (Wildman–Crippen LogP) is 4.85. The smallest absolute Gasteiger partial charge is 0.416 e. The molecule has 2 N–H and O–H groups in total. The molecule has 0 spiro atoms. The molecule has 178 valence electrons. The molecule has 0 amide bonds. The monoisotopic (exact) mass is 464 g/mol. The van der Waals surface area contributed by atoms with Crippen molar-refractivity contribution in [2.24, 2.45) is 0 Å². The van der Waals surface area contributed by atoms with E-state index >= 15 is 0 Å². The molecule has 0 aliphatic carbocycles. The summed E-state index contributed by atoms with van der Waals surface area (Å²) in [6, 6.07) is 11.7. The summed E-state index contributed by atoms with van der Waals surface area (Å²) >= 11 is 0. The van der Waals surface area contributed by atoms with Crippen LogP contribution in [0.3, 0.4) is 0 Å². The third-order valence-corrected chi connectivity index (χ3v) is 5.24. The van der Waals surface area contributed by atoms with Crippen LogP contribution in [0.15, 0.2) is 54.7 Å². The lowest BCUT2D eigenvalue weighted by atomic mass is 10.0.